The molecule has 4 aromatic rings. The minimum absolute atomic E-state index is 0.0618. The number of ether oxygens (including phenoxy) is 2. The predicted molar refractivity (Wildman–Crippen MR) is 151 cm³/mol. The number of benzene rings is 1. The van der Waals surface area contributed by atoms with Crippen molar-refractivity contribution in [3.63, 3.8) is 0 Å². The summed E-state index contributed by atoms with van der Waals surface area (Å²) in [6, 6.07) is 9.97. The van der Waals surface area contributed by atoms with Crippen molar-refractivity contribution in [3.8, 4) is 28.1 Å². The fourth-order valence-corrected chi connectivity index (χ4v) is 5.38. The van der Waals surface area contributed by atoms with Crippen molar-refractivity contribution in [2.45, 2.75) is 19.5 Å². The molecule has 0 radical (unpaired) electrons. The SMILES string of the molecule is CCNC(=O)Nc1nc2cc(-c3ccc(CC(F)(F)F)nc3)cc(-c3cc(OCCN4CCOCC4)ccn3)c2s1. The van der Waals surface area contributed by atoms with Crippen LogP contribution in [0.2, 0.25) is 0 Å². The summed E-state index contributed by atoms with van der Waals surface area (Å²) in [5.41, 5.74) is 3.26. The number of anilines is 1. The molecule has 2 amide bonds. The Labute approximate surface area is 238 Å². The van der Waals surface area contributed by atoms with Gasteiger partial charge >= 0.3 is 12.2 Å². The fraction of sp³-hybridized carbons (Fsp3) is 0.357. The minimum Gasteiger partial charge on any atom is -0.492 e. The fourth-order valence-electron chi connectivity index (χ4n) is 4.42. The summed E-state index contributed by atoms with van der Waals surface area (Å²) in [5, 5.41) is 5.84. The standard InChI is InChI=1S/C28H29F3N6O3S/c1-2-32-26(38)36-27-35-24-14-19(18-3-4-20(34-17-18)16-28(29,30)31)13-22(25(24)41-27)23-15-21(5-6-33-23)40-12-9-37-7-10-39-11-8-37/h3-6,13-15,17H,2,7-12,16H2,1H3,(H2,32,35,36,38). The number of rotatable bonds is 9. The Hall–Kier alpha value is -3.81. The minimum atomic E-state index is -4.34. The highest BCUT2D eigenvalue weighted by Crippen LogP contribution is 2.39. The molecule has 0 unspecified atom stereocenters. The Morgan fingerprint density at radius 1 is 1.12 bits per heavy atom. The third kappa shape index (κ3) is 7.69. The molecule has 1 aliphatic heterocycles. The van der Waals surface area contributed by atoms with Crippen LogP contribution in [0.15, 0.2) is 48.8 Å². The van der Waals surface area contributed by atoms with Crippen molar-refractivity contribution in [2.24, 2.45) is 0 Å². The lowest BCUT2D eigenvalue weighted by Gasteiger charge is -2.26. The molecule has 2 N–H and O–H groups in total. The monoisotopic (exact) mass is 586 g/mol. The molecule has 3 aromatic heterocycles. The highest BCUT2D eigenvalue weighted by molar-refractivity contribution is 7.22. The lowest BCUT2D eigenvalue weighted by atomic mass is 10.0. The van der Waals surface area contributed by atoms with Crippen LogP contribution in [0.3, 0.4) is 0 Å². The van der Waals surface area contributed by atoms with Gasteiger partial charge in [0.25, 0.3) is 0 Å². The smallest absolute Gasteiger partial charge is 0.394 e. The second kappa shape index (κ2) is 12.8. The molecule has 4 heterocycles. The van der Waals surface area contributed by atoms with Crippen molar-refractivity contribution < 1.29 is 27.4 Å². The van der Waals surface area contributed by atoms with Gasteiger partial charge in [0.2, 0.25) is 0 Å². The number of aromatic nitrogens is 3. The highest BCUT2D eigenvalue weighted by Gasteiger charge is 2.28. The number of thiazole rings is 1. The van der Waals surface area contributed by atoms with Gasteiger partial charge in [0.05, 0.1) is 35.5 Å². The van der Waals surface area contributed by atoms with Crippen LogP contribution >= 0.6 is 11.3 Å². The van der Waals surface area contributed by atoms with Crippen molar-refractivity contribution in [3.05, 3.63) is 54.5 Å². The average Bonchev–Trinajstić information content (AvgIpc) is 3.35. The second-order valence-corrected chi connectivity index (χ2v) is 10.4. The van der Waals surface area contributed by atoms with Crippen molar-refractivity contribution >= 4 is 32.7 Å². The van der Waals surface area contributed by atoms with E-state index >= 15 is 0 Å². The first-order chi connectivity index (χ1) is 19.8. The number of amides is 2. The Bertz CT molecular complexity index is 1490. The summed E-state index contributed by atoms with van der Waals surface area (Å²) in [7, 11) is 0. The topological polar surface area (TPSA) is 102 Å². The van der Waals surface area contributed by atoms with Crippen molar-refractivity contribution in [1.29, 1.82) is 0 Å². The molecule has 1 aromatic carbocycles. The van der Waals surface area contributed by atoms with Crippen LogP contribution in [-0.4, -0.2) is 78.1 Å². The third-order valence-corrected chi connectivity index (χ3v) is 7.39. The summed E-state index contributed by atoms with van der Waals surface area (Å²) in [6.45, 7) is 6.76. The van der Waals surface area contributed by atoms with Crippen LogP contribution in [0.25, 0.3) is 32.6 Å². The molecule has 41 heavy (non-hydrogen) atoms. The number of carbonyl (C=O) groups excluding carboxylic acids is 1. The first kappa shape index (κ1) is 28.7. The number of nitrogens with zero attached hydrogens (tertiary/aromatic N) is 4. The number of nitrogens with one attached hydrogen (secondary N) is 2. The van der Waals surface area contributed by atoms with E-state index in [0.29, 0.717) is 46.4 Å². The highest BCUT2D eigenvalue weighted by atomic mass is 32.1. The van der Waals surface area contributed by atoms with Crippen LogP contribution in [0.4, 0.5) is 23.1 Å². The molecule has 0 bridgehead atoms. The molecular weight excluding hydrogens is 557 g/mol. The number of morpholine rings is 1. The van der Waals surface area contributed by atoms with Gasteiger partial charge in [-0.15, -0.1) is 0 Å². The molecule has 1 saturated heterocycles. The van der Waals surface area contributed by atoms with Gasteiger partial charge in [-0.05, 0) is 36.8 Å². The van der Waals surface area contributed by atoms with Gasteiger partial charge < -0.3 is 14.8 Å². The van der Waals surface area contributed by atoms with Crippen LogP contribution in [0.1, 0.15) is 12.6 Å². The normalized spacial score (nSPS) is 14.2. The van der Waals surface area contributed by atoms with E-state index in [2.05, 4.69) is 30.5 Å². The first-order valence-corrected chi connectivity index (χ1v) is 14.0. The lowest BCUT2D eigenvalue weighted by molar-refractivity contribution is -0.127. The zero-order valence-electron chi connectivity index (χ0n) is 22.3. The van der Waals surface area contributed by atoms with Gasteiger partial charge in [-0.1, -0.05) is 17.4 Å². The maximum Gasteiger partial charge on any atom is 0.394 e. The summed E-state index contributed by atoms with van der Waals surface area (Å²) in [5.74, 6) is 0.658. The first-order valence-electron chi connectivity index (χ1n) is 13.2. The second-order valence-electron chi connectivity index (χ2n) is 9.38. The summed E-state index contributed by atoms with van der Waals surface area (Å²) in [4.78, 5) is 27.6. The number of pyridine rings is 2. The summed E-state index contributed by atoms with van der Waals surface area (Å²) < 4.78 is 50.7. The van der Waals surface area contributed by atoms with Gasteiger partial charge in [0, 0.05) is 61.5 Å². The third-order valence-electron chi connectivity index (χ3n) is 6.37. The molecule has 1 aliphatic rings. The largest absolute Gasteiger partial charge is 0.492 e. The van der Waals surface area contributed by atoms with E-state index in [-0.39, 0.29) is 11.7 Å². The molecule has 0 saturated carbocycles. The number of urea groups is 1. The van der Waals surface area contributed by atoms with Crippen LogP contribution in [0.5, 0.6) is 5.75 Å². The summed E-state index contributed by atoms with van der Waals surface area (Å²) in [6.07, 6.45) is -2.35. The van der Waals surface area contributed by atoms with Crippen molar-refractivity contribution in [2.75, 3.05) is 51.3 Å². The zero-order chi connectivity index (χ0) is 28.8. The molecule has 216 valence electrons. The van der Waals surface area contributed by atoms with Crippen molar-refractivity contribution in [1.82, 2.24) is 25.2 Å². The van der Waals surface area contributed by atoms with Gasteiger partial charge in [-0.25, -0.2) is 9.78 Å². The van der Waals surface area contributed by atoms with Gasteiger partial charge in [-0.3, -0.25) is 20.2 Å². The molecule has 9 nitrogen and oxygen atoms in total. The molecule has 0 spiro atoms. The number of hydrogen-bond donors (Lipinski definition) is 2. The number of alkyl halides is 3. The van der Waals surface area contributed by atoms with E-state index in [4.69, 9.17) is 9.47 Å². The average molecular weight is 587 g/mol. The molecule has 1 fully saturated rings. The zero-order valence-corrected chi connectivity index (χ0v) is 23.1. The van der Waals surface area contributed by atoms with E-state index in [1.54, 1.807) is 18.3 Å². The summed E-state index contributed by atoms with van der Waals surface area (Å²) >= 11 is 1.31. The molecule has 5 rings (SSSR count). The molecular formula is C28H29F3N6O3S. The van der Waals surface area contributed by atoms with E-state index in [0.717, 1.165) is 43.1 Å². The predicted octanol–water partition coefficient (Wildman–Crippen LogP) is 5.38. The number of hydrogen-bond acceptors (Lipinski definition) is 8. The Morgan fingerprint density at radius 2 is 1.95 bits per heavy atom. The van der Waals surface area contributed by atoms with E-state index in [9.17, 15) is 18.0 Å². The van der Waals surface area contributed by atoms with E-state index < -0.39 is 12.6 Å². The number of fused-ring (bicyclic) bond motifs is 1. The van der Waals surface area contributed by atoms with Crippen LogP contribution in [-0.2, 0) is 11.2 Å². The van der Waals surface area contributed by atoms with E-state index in [1.165, 1.54) is 23.6 Å². The Balaban J connectivity index is 1.46. The molecule has 0 aliphatic carbocycles. The van der Waals surface area contributed by atoms with Crippen LogP contribution in [0, 0.1) is 0 Å². The maximum atomic E-state index is 12.8. The Kier molecular flexibility index (Phi) is 8.96. The Morgan fingerprint density at radius 3 is 2.68 bits per heavy atom. The maximum absolute atomic E-state index is 12.8. The quantitative estimate of drug-likeness (QED) is 0.272. The number of halogens is 3. The molecule has 13 heteroatoms. The molecule has 0 atom stereocenters. The van der Waals surface area contributed by atoms with Gasteiger partial charge in [-0.2, -0.15) is 13.2 Å². The van der Waals surface area contributed by atoms with E-state index in [1.807, 2.05) is 25.1 Å². The lowest BCUT2D eigenvalue weighted by Crippen LogP contribution is -2.38. The van der Waals surface area contributed by atoms with Crippen LogP contribution < -0.4 is 15.4 Å². The van der Waals surface area contributed by atoms with Gasteiger partial charge in [0.15, 0.2) is 5.13 Å². The van der Waals surface area contributed by atoms with Gasteiger partial charge in [0.1, 0.15) is 12.4 Å². The number of carbonyl (C=O) groups is 1.